The van der Waals surface area contributed by atoms with Gasteiger partial charge in [0, 0.05) is 63.4 Å². The van der Waals surface area contributed by atoms with Gasteiger partial charge in [-0.1, -0.05) is 121 Å². The normalized spacial score (nSPS) is 11.6. The van der Waals surface area contributed by atoms with Crippen molar-refractivity contribution in [1.29, 1.82) is 0 Å². The van der Waals surface area contributed by atoms with Crippen molar-refractivity contribution < 1.29 is 8.83 Å². The van der Waals surface area contributed by atoms with Gasteiger partial charge in [0.1, 0.15) is 22.2 Å². The largest absolute Gasteiger partial charge is 0.453 e. The van der Waals surface area contributed by atoms with Crippen molar-refractivity contribution in [2.24, 2.45) is 0 Å². The molecule has 56 heavy (non-hydrogen) atoms. The van der Waals surface area contributed by atoms with Crippen LogP contribution >= 0.6 is 0 Å². The van der Waals surface area contributed by atoms with E-state index in [4.69, 9.17) is 18.8 Å². The van der Waals surface area contributed by atoms with E-state index in [9.17, 15) is 0 Å². The molecule has 0 bridgehead atoms. The van der Waals surface area contributed by atoms with E-state index in [1.165, 1.54) is 0 Å². The number of pyridine rings is 3. The minimum atomic E-state index is 0.750. The van der Waals surface area contributed by atoms with Gasteiger partial charge in [0.15, 0.2) is 11.2 Å². The molecule has 11 rings (SSSR count). The van der Waals surface area contributed by atoms with Crippen LogP contribution in [0.15, 0.2) is 197 Å². The summed E-state index contributed by atoms with van der Waals surface area (Å²) in [7, 11) is 0. The van der Waals surface area contributed by atoms with Gasteiger partial charge in [-0.2, -0.15) is 0 Å². The van der Waals surface area contributed by atoms with Gasteiger partial charge >= 0.3 is 0 Å². The molecule has 11 aromatic rings. The fourth-order valence-corrected chi connectivity index (χ4v) is 8.07. The molecule has 0 unspecified atom stereocenters. The summed E-state index contributed by atoms with van der Waals surface area (Å²) in [6.07, 6.45) is 7.47. The van der Waals surface area contributed by atoms with Crippen molar-refractivity contribution in [1.82, 2.24) is 15.0 Å². The van der Waals surface area contributed by atoms with E-state index in [2.05, 4.69) is 145 Å². The van der Waals surface area contributed by atoms with Crippen LogP contribution in [-0.2, 0) is 0 Å². The van der Waals surface area contributed by atoms with E-state index in [0.29, 0.717) is 0 Å². The van der Waals surface area contributed by atoms with Crippen molar-refractivity contribution in [2.45, 2.75) is 0 Å². The lowest BCUT2D eigenvalue weighted by molar-refractivity contribution is 0.670. The number of nitrogens with zero attached hydrogens (tertiary/aromatic N) is 3. The quantitative estimate of drug-likeness (QED) is 0.171. The zero-order valence-electron chi connectivity index (χ0n) is 30.1. The van der Waals surface area contributed by atoms with Crippen LogP contribution in [0.4, 0.5) is 0 Å². The minimum Gasteiger partial charge on any atom is -0.453 e. The summed E-state index contributed by atoms with van der Waals surface area (Å²) >= 11 is 0. The van der Waals surface area contributed by atoms with Crippen LogP contribution in [0.25, 0.3) is 111 Å². The van der Waals surface area contributed by atoms with Crippen molar-refractivity contribution in [3.8, 4) is 66.8 Å². The first kappa shape index (κ1) is 31.9. The minimum absolute atomic E-state index is 0.750. The van der Waals surface area contributed by atoms with Gasteiger partial charge in [0.05, 0.1) is 0 Å². The molecule has 0 radical (unpaired) electrons. The number of hydrogen-bond donors (Lipinski definition) is 0. The first-order valence-corrected chi connectivity index (χ1v) is 18.7. The van der Waals surface area contributed by atoms with E-state index in [-0.39, 0.29) is 0 Å². The molecule has 0 aliphatic rings. The molecule has 5 aromatic heterocycles. The summed E-state index contributed by atoms with van der Waals surface area (Å²) in [6, 6.07) is 56.7. The van der Waals surface area contributed by atoms with Gasteiger partial charge < -0.3 is 8.83 Å². The SMILES string of the molecule is c1ccc(-c2cccc3c2oc2c(-c4ccc(-c5ccnc6c5oc5c(-c7ccccc7)cccc56)c(-c5cccc(-c6cccnc6)c5)c4)ccnc23)cc1. The zero-order chi connectivity index (χ0) is 37.0. The van der Waals surface area contributed by atoms with Gasteiger partial charge in [-0.05, 0) is 81.4 Å². The maximum atomic E-state index is 6.87. The number of rotatable bonds is 6. The Morgan fingerprint density at radius 2 is 0.839 bits per heavy atom. The summed E-state index contributed by atoms with van der Waals surface area (Å²) in [4.78, 5) is 14.1. The molecular weight excluding hydrogens is 687 g/mol. The third-order valence-electron chi connectivity index (χ3n) is 10.7. The third-order valence-corrected chi connectivity index (χ3v) is 10.7. The number of hydrogen-bond acceptors (Lipinski definition) is 5. The molecule has 0 atom stereocenters. The molecule has 0 aliphatic carbocycles. The van der Waals surface area contributed by atoms with E-state index in [1.54, 1.807) is 6.20 Å². The van der Waals surface area contributed by atoms with Gasteiger partial charge in [0.25, 0.3) is 0 Å². The highest BCUT2D eigenvalue weighted by atomic mass is 16.3. The van der Waals surface area contributed by atoms with E-state index >= 15 is 0 Å². The topological polar surface area (TPSA) is 65.0 Å². The second-order valence-corrected chi connectivity index (χ2v) is 14.0. The highest BCUT2D eigenvalue weighted by Crippen LogP contribution is 2.45. The zero-order valence-corrected chi connectivity index (χ0v) is 30.1. The molecule has 0 N–H and O–H groups in total. The second-order valence-electron chi connectivity index (χ2n) is 14.0. The molecule has 0 saturated carbocycles. The lowest BCUT2D eigenvalue weighted by atomic mass is 9.90. The van der Waals surface area contributed by atoms with Crippen LogP contribution in [0, 0.1) is 0 Å². The molecule has 0 spiro atoms. The molecule has 5 heteroatoms. The number of fused-ring (bicyclic) bond motifs is 6. The maximum Gasteiger partial charge on any atom is 0.161 e. The van der Waals surface area contributed by atoms with Gasteiger partial charge in [0.2, 0.25) is 0 Å². The highest BCUT2D eigenvalue weighted by Gasteiger charge is 2.21. The predicted octanol–water partition coefficient (Wildman–Crippen LogP) is 13.7. The van der Waals surface area contributed by atoms with Gasteiger partial charge in [-0.15, -0.1) is 0 Å². The second kappa shape index (κ2) is 13.0. The smallest absolute Gasteiger partial charge is 0.161 e. The lowest BCUT2D eigenvalue weighted by Crippen LogP contribution is -1.90. The molecule has 0 saturated heterocycles. The molecule has 262 valence electrons. The number of para-hydroxylation sites is 2. The number of furan rings is 2. The summed E-state index contributed by atoms with van der Waals surface area (Å²) in [6.45, 7) is 0. The first-order valence-electron chi connectivity index (χ1n) is 18.7. The van der Waals surface area contributed by atoms with E-state index in [1.807, 2.05) is 42.9 Å². The fourth-order valence-electron chi connectivity index (χ4n) is 8.07. The maximum absolute atomic E-state index is 6.87. The van der Waals surface area contributed by atoms with Crippen LogP contribution in [0.1, 0.15) is 0 Å². The molecule has 6 aromatic carbocycles. The predicted molar refractivity (Wildman–Crippen MR) is 227 cm³/mol. The Morgan fingerprint density at radius 1 is 0.304 bits per heavy atom. The van der Waals surface area contributed by atoms with Crippen molar-refractivity contribution >= 4 is 44.1 Å². The molecule has 5 nitrogen and oxygen atoms in total. The Bertz CT molecular complexity index is 3240. The van der Waals surface area contributed by atoms with Crippen LogP contribution in [0.3, 0.4) is 0 Å². The molecule has 5 heterocycles. The van der Waals surface area contributed by atoms with E-state index < -0.39 is 0 Å². The molecule has 0 amide bonds. The Hall–Kier alpha value is -7.63. The van der Waals surface area contributed by atoms with Crippen LogP contribution < -0.4 is 0 Å². The summed E-state index contributed by atoms with van der Waals surface area (Å²) in [5.74, 6) is 0. The van der Waals surface area contributed by atoms with Gasteiger partial charge in [-0.25, -0.2) is 0 Å². The van der Waals surface area contributed by atoms with Crippen LogP contribution in [0.2, 0.25) is 0 Å². The molecule has 0 fully saturated rings. The average Bonchev–Trinajstić information content (AvgIpc) is 3.86. The molecular formula is C51H31N3O2. The Morgan fingerprint density at radius 3 is 1.48 bits per heavy atom. The first-order chi connectivity index (χ1) is 27.8. The van der Waals surface area contributed by atoms with E-state index in [0.717, 1.165) is 111 Å². The Balaban J connectivity index is 1.14. The number of aromatic nitrogens is 3. The van der Waals surface area contributed by atoms with Crippen molar-refractivity contribution in [3.63, 3.8) is 0 Å². The van der Waals surface area contributed by atoms with Gasteiger partial charge in [-0.3, -0.25) is 15.0 Å². The molecule has 0 aliphatic heterocycles. The monoisotopic (exact) mass is 717 g/mol. The van der Waals surface area contributed by atoms with Crippen molar-refractivity contribution in [3.05, 3.63) is 189 Å². The lowest BCUT2D eigenvalue weighted by Gasteiger charge is -2.14. The number of benzene rings is 6. The summed E-state index contributed by atoms with van der Waals surface area (Å²) in [5, 5.41) is 1.97. The Kier molecular flexibility index (Phi) is 7.42. The highest BCUT2D eigenvalue weighted by molar-refractivity contribution is 6.13. The van der Waals surface area contributed by atoms with Crippen LogP contribution in [-0.4, -0.2) is 15.0 Å². The fraction of sp³-hybridized carbons (Fsp3) is 0. The summed E-state index contributed by atoms with van der Waals surface area (Å²) in [5.41, 5.74) is 17.3. The average molecular weight is 718 g/mol. The van der Waals surface area contributed by atoms with Crippen LogP contribution in [0.5, 0.6) is 0 Å². The summed E-state index contributed by atoms with van der Waals surface area (Å²) < 4.78 is 13.7. The third kappa shape index (κ3) is 5.21. The standard InChI is InChI=1S/C51H31N3O2/c1-3-11-32(12-4-1)38-18-8-20-43-46-50(55-48(38)43)40(24-27-53-46)36-22-23-41(45(30-36)35-16-7-15-34(29-35)37-17-10-26-52-31-37)42-25-28-54-47-44-21-9-19-39(49(44)56-51(42)47)33-13-5-2-6-14-33/h1-31H. The van der Waals surface area contributed by atoms with Crippen molar-refractivity contribution in [2.75, 3.05) is 0 Å². The Labute approximate surface area is 322 Å².